The van der Waals surface area contributed by atoms with Crippen molar-refractivity contribution in [1.29, 1.82) is 0 Å². The third-order valence-corrected chi connectivity index (χ3v) is 2.04. The van der Waals surface area contributed by atoms with Gasteiger partial charge in [0.25, 0.3) is 0 Å². The van der Waals surface area contributed by atoms with Gasteiger partial charge in [0, 0.05) is 19.0 Å². The van der Waals surface area contributed by atoms with Crippen LogP contribution in [0.15, 0.2) is 6.07 Å². The molecular formula is C10H16ClN3O2. The number of nitrogens with one attached hydrogen (secondary N) is 1. The smallest absolute Gasteiger partial charge is 0.134 e. The lowest BCUT2D eigenvalue weighted by molar-refractivity contribution is 0.0992. The van der Waals surface area contributed by atoms with Crippen LogP contribution in [0.1, 0.15) is 12.7 Å². The van der Waals surface area contributed by atoms with Gasteiger partial charge in [-0.2, -0.15) is 0 Å². The maximum atomic E-state index is 8.50. The summed E-state index contributed by atoms with van der Waals surface area (Å²) in [6, 6.07) is 1.67. The molecule has 1 aromatic rings. The molecule has 90 valence electrons. The highest BCUT2D eigenvalue weighted by Crippen LogP contribution is 2.11. The Morgan fingerprint density at radius 1 is 1.44 bits per heavy atom. The van der Waals surface area contributed by atoms with Crippen LogP contribution in [0.4, 0.5) is 5.82 Å². The lowest BCUT2D eigenvalue weighted by atomic mass is 10.4. The molecule has 0 amide bonds. The molecule has 0 aromatic carbocycles. The van der Waals surface area contributed by atoms with Gasteiger partial charge in [-0.25, -0.2) is 9.97 Å². The second-order valence-corrected chi connectivity index (χ2v) is 3.50. The number of halogens is 1. The van der Waals surface area contributed by atoms with E-state index in [-0.39, 0.29) is 6.61 Å². The van der Waals surface area contributed by atoms with E-state index in [4.69, 9.17) is 21.4 Å². The van der Waals surface area contributed by atoms with E-state index in [1.165, 1.54) is 0 Å². The van der Waals surface area contributed by atoms with Crippen LogP contribution >= 0.6 is 11.6 Å². The number of ether oxygens (including phenoxy) is 1. The maximum absolute atomic E-state index is 8.50. The van der Waals surface area contributed by atoms with E-state index in [0.717, 1.165) is 6.42 Å². The molecule has 16 heavy (non-hydrogen) atoms. The van der Waals surface area contributed by atoms with Crippen LogP contribution < -0.4 is 5.32 Å². The van der Waals surface area contributed by atoms with Crippen molar-refractivity contribution >= 4 is 17.4 Å². The van der Waals surface area contributed by atoms with E-state index in [2.05, 4.69) is 15.3 Å². The SMILES string of the molecule is CCc1nc(Cl)cc(NCCOCCO)n1. The van der Waals surface area contributed by atoms with Gasteiger partial charge in [0.1, 0.15) is 16.8 Å². The Morgan fingerprint density at radius 2 is 2.25 bits per heavy atom. The molecule has 6 heteroatoms. The van der Waals surface area contributed by atoms with Crippen molar-refractivity contribution in [3.63, 3.8) is 0 Å². The van der Waals surface area contributed by atoms with Crippen molar-refractivity contribution in [2.75, 3.05) is 31.7 Å². The highest BCUT2D eigenvalue weighted by molar-refractivity contribution is 6.29. The van der Waals surface area contributed by atoms with Crippen LogP contribution in [0.2, 0.25) is 5.15 Å². The molecule has 1 heterocycles. The molecule has 0 radical (unpaired) electrons. The molecular weight excluding hydrogens is 230 g/mol. The fraction of sp³-hybridized carbons (Fsp3) is 0.600. The Morgan fingerprint density at radius 3 is 2.94 bits per heavy atom. The molecule has 0 aliphatic rings. The highest BCUT2D eigenvalue weighted by atomic mass is 35.5. The Balaban J connectivity index is 2.38. The van der Waals surface area contributed by atoms with Crippen molar-refractivity contribution in [3.8, 4) is 0 Å². The van der Waals surface area contributed by atoms with Crippen LogP contribution in [0.25, 0.3) is 0 Å². The van der Waals surface area contributed by atoms with Gasteiger partial charge in [0.15, 0.2) is 0 Å². The topological polar surface area (TPSA) is 67.3 Å². The van der Waals surface area contributed by atoms with Crippen molar-refractivity contribution < 1.29 is 9.84 Å². The number of aromatic nitrogens is 2. The van der Waals surface area contributed by atoms with Gasteiger partial charge >= 0.3 is 0 Å². The highest BCUT2D eigenvalue weighted by Gasteiger charge is 2.00. The van der Waals surface area contributed by atoms with E-state index >= 15 is 0 Å². The minimum atomic E-state index is 0.0410. The zero-order valence-electron chi connectivity index (χ0n) is 9.24. The fourth-order valence-corrected chi connectivity index (χ4v) is 1.33. The molecule has 0 bridgehead atoms. The van der Waals surface area contributed by atoms with Crippen LogP contribution in [0.5, 0.6) is 0 Å². The van der Waals surface area contributed by atoms with Gasteiger partial charge in [0.05, 0.1) is 19.8 Å². The molecule has 5 nitrogen and oxygen atoms in total. The predicted molar refractivity (Wildman–Crippen MR) is 62.8 cm³/mol. The third-order valence-electron chi connectivity index (χ3n) is 1.85. The number of rotatable bonds is 7. The summed E-state index contributed by atoms with van der Waals surface area (Å²) in [5.41, 5.74) is 0. The van der Waals surface area contributed by atoms with Gasteiger partial charge in [0.2, 0.25) is 0 Å². The number of aryl methyl sites for hydroxylation is 1. The summed E-state index contributed by atoms with van der Waals surface area (Å²) in [4.78, 5) is 8.32. The number of aliphatic hydroxyl groups is 1. The average molecular weight is 246 g/mol. The second kappa shape index (κ2) is 7.38. The monoisotopic (exact) mass is 245 g/mol. The van der Waals surface area contributed by atoms with E-state index in [0.29, 0.717) is 36.6 Å². The average Bonchev–Trinajstić information content (AvgIpc) is 2.28. The molecule has 0 saturated heterocycles. The van der Waals surface area contributed by atoms with Gasteiger partial charge in [-0.05, 0) is 0 Å². The molecule has 0 unspecified atom stereocenters. The Kier molecular flexibility index (Phi) is 6.07. The molecule has 0 spiro atoms. The molecule has 2 N–H and O–H groups in total. The Bertz CT molecular complexity index is 323. The number of hydrogen-bond donors (Lipinski definition) is 2. The number of anilines is 1. The Hall–Kier alpha value is -0.910. The van der Waals surface area contributed by atoms with Gasteiger partial charge in [-0.1, -0.05) is 18.5 Å². The predicted octanol–water partition coefficient (Wildman–Crippen LogP) is 1.11. The number of nitrogens with zero attached hydrogens (tertiary/aromatic N) is 2. The number of hydrogen-bond acceptors (Lipinski definition) is 5. The van der Waals surface area contributed by atoms with Crippen LogP contribution in [0, 0.1) is 0 Å². The summed E-state index contributed by atoms with van der Waals surface area (Å²) in [5, 5.41) is 12.0. The standard InChI is InChI=1S/C10H16ClN3O2/c1-2-9-13-8(11)7-10(14-9)12-3-5-16-6-4-15/h7,15H,2-6H2,1H3,(H,12,13,14). The minimum Gasteiger partial charge on any atom is -0.394 e. The molecule has 0 aliphatic carbocycles. The number of aliphatic hydroxyl groups excluding tert-OH is 1. The van der Waals surface area contributed by atoms with Crippen molar-refractivity contribution in [2.24, 2.45) is 0 Å². The minimum absolute atomic E-state index is 0.0410. The first kappa shape index (κ1) is 13.2. The zero-order chi connectivity index (χ0) is 11.8. The maximum Gasteiger partial charge on any atom is 0.134 e. The van der Waals surface area contributed by atoms with Crippen molar-refractivity contribution in [3.05, 3.63) is 17.0 Å². The van der Waals surface area contributed by atoms with E-state index in [9.17, 15) is 0 Å². The Labute approximate surface area is 99.8 Å². The first-order valence-corrected chi connectivity index (χ1v) is 5.60. The fourth-order valence-electron chi connectivity index (χ4n) is 1.13. The van der Waals surface area contributed by atoms with Gasteiger partial charge in [-0.3, -0.25) is 0 Å². The summed E-state index contributed by atoms with van der Waals surface area (Å²) >= 11 is 5.84. The first-order chi connectivity index (χ1) is 7.76. The molecule has 0 atom stereocenters. The second-order valence-electron chi connectivity index (χ2n) is 3.11. The molecule has 1 aromatic heterocycles. The molecule has 0 aliphatic heterocycles. The van der Waals surface area contributed by atoms with E-state index < -0.39 is 0 Å². The molecule has 0 saturated carbocycles. The summed E-state index contributed by atoms with van der Waals surface area (Å²) in [6.07, 6.45) is 0.746. The normalized spacial score (nSPS) is 10.4. The summed E-state index contributed by atoms with van der Waals surface area (Å²) < 4.78 is 5.10. The zero-order valence-corrected chi connectivity index (χ0v) is 10.00. The summed E-state index contributed by atoms with van der Waals surface area (Å²) in [5.74, 6) is 1.41. The van der Waals surface area contributed by atoms with E-state index in [1.54, 1.807) is 6.07 Å². The largest absolute Gasteiger partial charge is 0.394 e. The first-order valence-electron chi connectivity index (χ1n) is 5.22. The van der Waals surface area contributed by atoms with Crippen LogP contribution in [-0.2, 0) is 11.2 Å². The molecule has 0 fully saturated rings. The lowest BCUT2D eigenvalue weighted by Crippen LogP contribution is -2.12. The van der Waals surface area contributed by atoms with Crippen molar-refractivity contribution in [2.45, 2.75) is 13.3 Å². The van der Waals surface area contributed by atoms with Gasteiger partial charge < -0.3 is 15.2 Å². The third kappa shape index (κ3) is 4.74. The van der Waals surface area contributed by atoms with Crippen LogP contribution in [-0.4, -0.2) is 41.4 Å². The quantitative estimate of drug-likeness (QED) is 0.557. The summed E-state index contributed by atoms with van der Waals surface area (Å²) in [6.45, 7) is 3.51. The van der Waals surface area contributed by atoms with Crippen molar-refractivity contribution in [1.82, 2.24) is 9.97 Å². The molecule has 1 rings (SSSR count). The lowest BCUT2D eigenvalue weighted by Gasteiger charge is -2.07. The summed E-state index contributed by atoms with van der Waals surface area (Å²) in [7, 11) is 0. The van der Waals surface area contributed by atoms with E-state index in [1.807, 2.05) is 6.92 Å². The van der Waals surface area contributed by atoms with Crippen LogP contribution in [0.3, 0.4) is 0 Å². The van der Waals surface area contributed by atoms with Gasteiger partial charge in [-0.15, -0.1) is 0 Å².